The molecule has 11 atom stereocenters. The van der Waals surface area contributed by atoms with Crippen molar-refractivity contribution in [2.45, 2.75) is 99.0 Å². The van der Waals surface area contributed by atoms with Gasteiger partial charge in [0, 0.05) is 5.92 Å². The summed E-state index contributed by atoms with van der Waals surface area (Å²) in [6.07, 6.45) is 8.78. The van der Waals surface area contributed by atoms with E-state index in [4.69, 9.17) is 4.74 Å². The van der Waals surface area contributed by atoms with Gasteiger partial charge in [-0.25, -0.2) is 0 Å². The Morgan fingerprint density at radius 2 is 1.63 bits per heavy atom. The molecule has 1 N–H and O–H groups in total. The SMILES string of the molecule is C=C(C)[C@@H]1CC[C@@]2(C(=O)OC)CC[C@]3(C)[C@@H](CC[C@H]4[C@]5(C)[C@H](C=O)[C@@H](O)C(C)(C)[C@@H]5CC[C@]43C)[C@@H]12. The third-order valence-electron chi connectivity index (χ3n) is 13.7. The van der Waals surface area contributed by atoms with Crippen LogP contribution in [-0.2, 0) is 14.3 Å². The first kappa shape index (κ1) is 25.5. The van der Waals surface area contributed by atoms with Crippen LogP contribution in [0.15, 0.2) is 12.2 Å². The molecule has 4 heteroatoms. The fourth-order valence-electron chi connectivity index (χ4n) is 11.9. The molecule has 0 unspecified atom stereocenters. The lowest BCUT2D eigenvalue weighted by molar-refractivity contribution is -0.226. The summed E-state index contributed by atoms with van der Waals surface area (Å²) >= 11 is 0. The van der Waals surface area contributed by atoms with Gasteiger partial charge in [-0.1, -0.05) is 46.8 Å². The fraction of sp³-hybridized carbons (Fsp3) is 0.871. The number of allylic oxidation sites excluding steroid dienone is 1. The fourth-order valence-corrected chi connectivity index (χ4v) is 11.9. The van der Waals surface area contributed by atoms with Gasteiger partial charge in [-0.05, 0) is 110 Å². The molecule has 0 aliphatic heterocycles. The number of carbonyl (C=O) groups excluding carboxylic acids is 2. The number of aliphatic hydroxyl groups excluding tert-OH is 1. The van der Waals surface area contributed by atoms with Crippen molar-refractivity contribution >= 4 is 12.3 Å². The average Bonchev–Trinajstić information content (AvgIpc) is 3.26. The normalized spacial score (nSPS) is 54.1. The zero-order valence-corrected chi connectivity index (χ0v) is 23.2. The van der Waals surface area contributed by atoms with Crippen LogP contribution in [0.5, 0.6) is 0 Å². The Morgan fingerprint density at radius 3 is 2.23 bits per heavy atom. The molecule has 0 saturated heterocycles. The molecular formula is C31H48O4. The molecule has 5 aliphatic carbocycles. The van der Waals surface area contributed by atoms with Crippen molar-refractivity contribution in [3.8, 4) is 0 Å². The van der Waals surface area contributed by atoms with E-state index >= 15 is 0 Å². The van der Waals surface area contributed by atoms with Gasteiger partial charge in [0.1, 0.15) is 6.29 Å². The first-order chi connectivity index (χ1) is 16.3. The summed E-state index contributed by atoms with van der Waals surface area (Å²) in [5.41, 5.74) is 0.579. The average molecular weight is 485 g/mol. The quantitative estimate of drug-likeness (QED) is 0.294. The van der Waals surface area contributed by atoms with E-state index in [1.807, 2.05) is 0 Å². The molecule has 5 rings (SSSR count). The molecule has 5 saturated carbocycles. The number of ether oxygens (including phenoxy) is 1. The van der Waals surface area contributed by atoms with Crippen LogP contribution in [0.3, 0.4) is 0 Å². The molecule has 0 bridgehead atoms. The Morgan fingerprint density at radius 1 is 0.943 bits per heavy atom. The van der Waals surface area contributed by atoms with Gasteiger partial charge in [-0.3, -0.25) is 4.79 Å². The molecule has 35 heavy (non-hydrogen) atoms. The highest BCUT2D eigenvalue weighted by Crippen LogP contribution is 2.78. The summed E-state index contributed by atoms with van der Waals surface area (Å²) in [5, 5.41) is 11.3. The van der Waals surface area contributed by atoms with E-state index in [-0.39, 0.29) is 39.0 Å². The summed E-state index contributed by atoms with van der Waals surface area (Å²) in [4.78, 5) is 25.9. The van der Waals surface area contributed by atoms with Gasteiger partial charge >= 0.3 is 5.97 Å². The number of fused-ring (bicyclic) bond motifs is 7. The number of aliphatic hydroxyl groups is 1. The van der Waals surface area contributed by atoms with Crippen molar-refractivity contribution in [1.29, 1.82) is 0 Å². The summed E-state index contributed by atoms with van der Waals surface area (Å²) in [6.45, 7) is 18.3. The van der Waals surface area contributed by atoms with Crippen molar-refractivity contribution in [3.63, 3.8) is 0 Å². The number of rotatable bonds is 3. The zero-order valence-electron chi connectivity index (χ0n) is 23.2. The molecule has 0 spiro atoms. The van der Waals surface area contributed by atoms with Crippen LogP contribution >= 0.6 is 0 Å². The molecule has 0 aromatic rings. The van der Waals surface area contributed by atoms with Gasteiger partial charge in [0.2, 0.25) is 0 Å². The molecule has 5 fully saturated rings. The lowest BCUT2D eigenvalue weighted by Crippen LogP contribution is -2.65. The summed E-state index contributed by atoms with van der Waals surface area (Å²) in [5.74, 6) is 1.57. The highest BCUT2D eigenvalue weighted by atomic mass is 16.5. The minimum atomic E-state index is -0.580. The van der Waals surface area contributed by atoms with E-state index in [2.05, 4.69) is 48.1 Å². The first-order valence-corrected chi connectivity index (χ1v) is 14.1. The van der Waals surface area contributed by atoms with E-state index in [9.17, 15) is 14.7 Å². The molecule has 4 nitrogen and oxygen atoms in total. The van der Waals surface area contributed by atoms with Crippen LogP contribution in [0.25, 0.3) is 0 Å². The van der Waals surface area contributed by atoms with Crippen LogP contribution in [0.4, 0.5) is 0 Å². The van der Waals surface area contributed by atoms with Crippen LogP contribution in [0.1, 0.15) is 92.9 Å². The number of methoxy groups -OCH3 is 1. The first-order valence-electron chi connectivity index (χ1n) is 14.1. The van der Waals surface area contributed by atoms with Crippen LogP contribution in [0, 0.1) is 62.6 Å². The maximum absolute atomic E-state index is 13.4. The number of aldehydes is 1. The molecule has 0 aromatic heterocycles. The third kappa shape index (κ3) is 2.79. The second-order valence-corrected chi connectivity index (χ2v) is 14.6. The Hall–Kier alpha value is -1.16. The Balaban J connectivity index is 1.60. The second kappa shape index (κ2) is 7.68. The van der Waals surface area contributed by atoms with Crippen LogP contribution in [-0.4, -0.2) is 30.6 Å². The topological polar surface area (TPSA) is 63.6 Å². The van der Waals surface area contributed by atoms with Gasteiger partial charge in [-0.15, -0.1) is 0 Å². The molecule has 5 aliphatic rings. The van der Waals surface area contributed by atoms with Crippen molar-refractivity contribution in [1.82, 2.24) is 0 Å². The minimum Gasteiger partial charge on any atom is -0.469 e. The molecule has 0 amide bonds. The Kier molecular flexibility index (Phi) is 5.59. The molecule has 0 heterocycles. The van der Waals surface area contributed by atoms with Crippen molar-refractivity contribution in [3.05, 3.63) is 12.2 Å². The highest BCUT2D eigenvalue weighted by Gasteiger charge is 2.75. The van der Waals surface area contributed by atoms with E-state index < -0.39 is 6.10 Å². The van der Waals surface area contributed by atoms with E-state index in [0.29, 0.717) is 29.6 Å². The number of esters is 1. The predicted molar refractivity (Wildman–Crippen MR) is 137 cm³/mol. The third-order valence-corrected chi connectivity index (χ3v) is 13.7. The van der Waals surface area contributed by atoms with Crippen molar-refractivity contribution in [2.75, 3.05) is 7.11 Å². The lowest BCUT2D eigenvalue weighted by atomic mass is 9.34. The monoisotopic (exact) mass is 484 g/mol. The molecular weight excluding hydrogens is 436 g/mol. The summed E-state index contributed by atoms with van der Waals surface area (Å²) in [6, 6.07) is 0. The van der Waals surface area contributed by atoms with Gasteiger partial charge in [0.05, 0.1) is 18.6 Å². The smallest absolute Gasteiger partial charge is 0.312 e. The molecule has 0 aromatic carbocycles. The molecule has 196 valence electrons. The second-order valence-electron chi connectivity index (χ2n) is 14.6. The highest BCUT2D eigenvalue weighted by molar-refractivity contribution is 5.78. The predicted octanol–water partition coefficient (Wildman–Crippen LogP) is 6.21. The zero-order chi connectivity index (χ0) is 25.8. The minimum absolute atomic E-state index is 0.00192. The van der Waals surface area contributed by atoms with Gasteiger partial charge < -0.3 is 14.6 Å². The van der Waals surface area contributed by atoms with E-state index in [1.165, 1.54) is 5.57 Å². The summed E-state index contributed by atoms with van der Waals surface area (Å²) < 4.78 is 5.47. The Labute approximate surface area is 212 Å². The largest absolute Gasteiger partial charge is 0.469 e. The van der Waals surface area contributed by atoms with Crippen molar-refractivity contribution in [2.24, 2.45) is 62.6 Å². The van der Waals surface area contributed by atoms with E-state index in [1.54, 1.807) is 7.11 Å². The van der Waals surface area contributed by atoms with Gasteiger partial charge in [0.15, 0.2) is 0 Å². The van der Waals surface area contributed by atoms with Crippen LogP contribution in [0.2, 0.25) is 0 Å². The number of carbonyl (C=O) groups is 2. The molecule has 0 radical (unpaired) electrons. The Bertz CT molecular complexity index is 938. The van der Waals surface area contributed by atoms with Crippen molar-refractivity contribution < 1.29 is 19.4 Å². The van der Waals surface area contributed by atoms with Gasteiger partial charge in [-0.2, -0.15) is 0 Å². The maximum atomic E-state index is 13.4. The van der Waals surface area contributed by atoms with Gasteiger partial charge in [0.25, 0.3) is 0 Å². The summed E-state index contributed by atoms with van der Waals surface area (Å²) in [7, 11) is 1.56. The lowest BCUT2D eigenvalue weighted by Gasteiger charge is -2.70. The van der Waals surface area contributed by atoms with Crippen LogP contribution < -0.4 is 0 Å². The standard InChI is InChI=1S/C31H48O4/c1-18(2)19-11-14-31(26(34)35-8)16-15-28(5)20(24(19)31)9-10-23-29(28,6)13-12-22-27(3,4)25(33)21(17-32)30(22,23)7/h17,19-25,33H,1,9-16H2,2-8H3/t19-,20-,21+,22-,23+,24+,25+,28+,29+,30+,31+/m0/s1. The number of hydrogen-bond donors (Lipinski definition) is 1. The number of hydrogen-bond acceptors (Lipinski definition) is 4. The van der Waals surface area contributed by atoms with E-state index in [0.717, 1.165) is 57.7 Å². The maximum Gasteiger partial charge on any atom is 0.312 e.